The van der Waals surface area contributed by atoms with Crippen molar-refractivity contribution in [3.8, 4) is 0 Å². The SMILES string of the molecule is CC(=O)O.Cc1cccc(C(Br)C(=O)O)c1Cl. The Labute approximate surface area is 112 Å². The lowest BCUT2D eigenvalue weighted by atomic mass is 10.1. The van der Waals surface area contributed by atoms with Crippen molar-refractivity contribution in [2.75, 3.05) is 0 Å². The fraction of sp³-hybridized carbons (Fsp3) is 0.273. The third-order valence-corrected chi connectivity index (χ3v) is 3.11. The zero-order valence-corrected chi connectivity index (χ0v) is 11.6. The number of rotatable bonds is 2. The predicted molar refractivity (Wildman–Crippen MR) is 68.8 cm³/mol. The molecule has 1 rings (SSSR count). The van der Waals surface area contributed by atoms with Crippen LogP contribution in [0.15, 0.2) is 18.2 Å². The third kappa shape index (κ3) is 5.70. The van der Waals surface area contributed by atoms with Crippen LogP contribution in [-0.4, -0.2) is 22.2 Å². The summed E-state index contributed by atoms with van der Waals surface area (Å²) >= 11 is 8.99. The van der Waals surface area contributed by atoms with Crippen molar-refractivity contribution < 1.29 is 19.8 Å². The first-order chi connectivity index (χ1) is 7.77. The van der Waals surface area contributed by atoms with E-state index in [9.17, 15) is 4.79 Å². The molecule has 6 heteroatoms. The van der Waals surface area contributed by atoms with Gasteiger partial charge in [0, 0.05) is 11.9 Å². The Morgan fingerprint density at radius 2 is 1.82 bits per heavy atom. The van der Waals surface area contributed by atoms with Crippen LogP contribution in [0.5, 0.6) is 0 Å². The van der Waals surface area contributed by atoms with Gasteiger partial charge < -0.3 is 10.2 Å². The van der Waals surface area contributed by atoms with Crippen LogP contribution in [0, 0.1) is 6.92 Å². The molecule has 0 heterocycles. The topological polar surface area (TPSA) is 74.6 Å². The molecule has 0 spiro atoms. The largest absolute Gasteiger partial charge is 0.481 e. The Bertz CT molecular complexity index is 416. The van der Waals surface area contributed by atoms with Crippen molar-refractivity contribution in [3.05, 3.63) is 34.3 Å². The summed E-state index contributed by atoms with van der Waals surface area (Å²) in [6, 6.07) is 5.32. The van der Waals surface area contributed by atoms with Crippen molar-refractivity contribution in [1.29, 1.82) is 0 Å². The van der Waals surface area contributed by atoms with Crippen molar-refractivity contribution in [3.63, 3.8) is 0 Å². The molecule has 1 unspecified atom stereocenters. The van der Waals surface area contributed by atoms with Crippen molar-refractivity contribution in [1.82, 2.24) is 0 Å². The first-order valence-corrected chi connectivity index (χ1v) is 5.88. The van der Waals surface area contributed by atoms with Gasteiger partial charge >= 0.3 is 5.97 Å². The van der Waals surface area contributed by atoms with Crippen molar-refractivity contribution in [2.24, 2.45) is 0 Å². The summed E-state index contributed by atoms with van der Waals surface area (Å²) in [6.45, 7) is 2.92. The number of carboxylic acids is 2. The van der Waals surface area contributed by atoms with E-state index in [1.54, 1.807) is 12.1 Å². The summed E-state index contributed by atoms with van der Waals surface area (Å²) in [5.41, 5.74) is 1.47. The summed E-state index contributed by atoms with van der Waals surface area (Å²) in [5.74, 6) is -1.77. The summed E-state index contributed by atoms with van der Waals surface area (Å²) < 4.78 is 0. The number of aryl methyl sites for hydroxylation is 1. The van der Waals surface area contributed by atoms with Crippen LogP contribution in [0.2, 0.25) is 5.02 Å². The second-order valence-electron chi connectivity index (χ2n) is 3.20. The van der Waals surface area contributed by atoms with Crippen LogP contribution in [-0.2, 0) is 9.59 Å². The first kappa shape index (κ1) is 15.9. The van der Waals surface area contributed by atoms with E-state index < -0.39 is 16.8 Å². The molecule has 1 atom stereocenters. The first-order valence-electron chi connectivity index (χ1n) is 4.58. The van der Waals surface area contributed by atoms with E-state index in [-0.39, 0.29) is 0 Å². The highest BCUT2D eigenvalue weighted by Gasteiger charge is 2.18. The lowest BCUT2D eigenvalue weighted by Crippen LogP contribution is -2.05. The van der Waals surface area contributed by atoms with Gasteiger partial charge in [0.1, 0.15) is 4.83 Å². The molecule has 0 fully saturated rings. The molecule has 0 aliphatic carbocycles. The Hall–Kier alpha value is -1.07. The van der Waals surface area contributed by atoms with Crippen molar-refractivity contribution in [2.45, 2.75) is 18.7 Å². The van der Waals surface area contributed by atoms with Crippen LogP contribution in [0.3, 0.4) is 0 Å². The maximum atomic E-state index is 10.7. The predicted octanol–water partition coefficient (Wildman–Crippen LogP) is 3.26. The molecule has 0 aromatic heterocycles. The van der Waals surface area contributed by atoms with Gasteiger partial charge in [0.05, 0.1) is 0 Å². The normalized spacial score (nSPS) is 11.1. The number of hydrogen-bond acceptors (Lipinski definition) is 2. The molecular weight excluding hydrogens is 311 g/mol. The van der Waals surface area contributed by atoms with E-state index in [1.807, 2.05) is 13.0 Å². The van der Waals surface area contributed by atoms with E-state index in [4.69, 9.17) is 26.6 Å². The molecule has 0 aliphatic heterocycles. The van der Waals surface area contributed by atoms with Crippen molar-refractivity contribution >= 4 is 39.5 Å². The molecule has 1 aromatic carbocycles. The Kier molecular flexibility index (Phi) is 6.83. The quantitative estimate of drug-likeness (QED) is 0.819. The van der Waals surface area contributed by atoms with Gasteiger partial charge in [-0.15, -0.1) is 0 Å². The molecule has 17 heavy (non-hydrogen) atoms. The number of carboxylic acid groups (broad SMARTS) is 2. The second-order valence-corrected chi connectivity index (χ2v) is 4.49. The molecule has 0 bridgehead atoms. The molecule has 0 aliphatic rings. The molecule has 2 N–H and O–H groups in total. The van der Waals surface area contributed by atoms with Crippen LogP contribution in [0.25, 0.3) is 0 Å². The molecule has 0 amide bonds. The Morgan fingerprint density at radius 3 is 2.24 bits per heavy atom. The number of halogens is 2. The zero-order valence-electron chi connectivity index (χ0n) is 9.28. The molecule has 0 saturated heterocycles. The minimum Gasteiger partial charge on any atom is -0.481 e. The average Bonchev–Trinajstić information content (AvgIpc) is 2.20. The minimum atomic E-state index is -0.938. The maximum Gasteiger partial charge on any atom is 0.321 e. The van der Waals surface area contributed by atoms with Crippen LogP contribution in [0.1, 0.15) is 22.9 Å². The lowest BCUT2D eigenvalue weighted by Gasteiger charge is -2.08. The van der Waals surface area contributed by atoms with E-state index >= 15 is 0 Å². The van der Waals surface area contributed by atoms with Gasteiger partial charge in [-0.3, -0.25) is 9.59 Å². The highest BCUT2D eigenvalue weighted by Crippen LogP contribution is 2.31. The fourth-order valence-corrected chi connectivity index (χ4v) is 1.75. The molecule has 1 aromatic rings. The maximum absolute atomic E-state index is 10.7. The number of alkyl halides is 1. The Balaban J connectivity index is 0.000000557. The number of aliphatic carboxylic acids is 2. The molecule has 0 saturated carbocycles. The highest BCUT2D eigenvalue weighted by molar-refractivity contribution is 9.09. The van der Waals surface area contributed by atoms with Crippen LogP contribution in [0.4, 0.5) is 0 Å². The van der Waals surface area contributed by atoms with Crippen LogP contribution >= 0.6 is 27.5 Å². The monoisotopic (exact) mass is 322 g/mol. The summed E-state index contributed by atoms with van der Waals surface area (Å²) in [4.78, 5) is 18.9. The summed E-state index contributed by atoms with van der Waals surface area (Å²) in [7, 11) is 0. The number of benzene rings is 1. The van der Waals surface area contributed by atoms with E-state index in [2.05, 4.69) is 15.9 Å². The Morgan fingerprint density at radius 1 is 1.35 bits per heavy atom. The fourth-order valence-electron chi connectivity index (χ4n) is 0.999. The molecule has 94 valence electrons. The van der Waals surface area contributed by atoms with E-state index in [0.717, 1.165) is 12.5 Å². The average molecular weight is 324 g/mol. The van der Waals surface area contributed by atoms with Gasteiger partial charge in [0.15, 0.2) is 0 Å². The number of hydrogen-bond donors (Lipinski definition) is 2. The van der Waals surface area contributed by atoms with Gasteiger partial charge in [0.25, 0.3) is 5.97 Å². The van der Waals surface area contributed by atoms with Gasteiger partial charge in [-0.25, -0.2) is 0 Å². The zero-order chi connectivity index (χ0) is 13.6. The lowest BCUT2D eigenvalue weighted by molar-refractivity contribution is -0.136. The smallest absolute Gasteiger partial charge is 0.321 e. The highest BCUT2D eigenvalue weighted by atomic mass is 79.9. The number of carbonyl (C=O) groups is 2. The standard InChI is InChI=1S/C9H8BrClO2.C2H4O2/c1-5-3-2-4-6(8(5)11)7(10)9(12)13;1-2(3)4/h2-4,7H,1H3,(H,12,13);1H3,(H,3,4). The van der Waals surface area contributed by atoms with E-state index in [0.29, 0.717) is 10.6 Å². The van der Waals surface area contributed by atoms with Gasteiger partial charge in [0.2, 0.25) is 0 Å². The molecular formula is C11H12BrClO4. The molecule has 4 nitrogen and oxygen atoms in total. The third-order valence-electron chi connectivity index (χ3n) is 1.71. The molecule has 0 radical (unpaired) electrons. The van der Waals surface area contributed by atoms with Crippen LogP contribution < -0.4 is 0 Å². The summed E-state index contributed by atoms with van der Waals surface area (Å²) in [6.07, 6.45) is 0. The van der Waals surface area contributed by atoms with Gasteiger partial charge in [-0.1, -0.05) is 45.7 Å². The minimum absolute atomic E-state index is 0.506. The van der Waals surface area contributed by atoms with E-state index in [1.165, 1.54) is 0 Å². The second kappa shape index (κ2) is 7.29. The van der Waals surface area contributed by atoms with Gasteiger partial charge in [-0.2, -0.15) is 0 Å². The summed E-state index contributed by atoms with van der Waals surface area (Å²) in [5, 5.41) is 16.7. The van der Waals surface area contributed by atoms with Gasteiger partial charge in [-0.05, 0) is 18.1 Å².